The Kier molecular flexibility index (Phi) is 5.08. The van der Waals surface area contributed by atoms with Crippen LogP contribution in [0.15, 0.2) is 42.7 Å². The first kappa shape index (κ1) is 19.2. The molecule has 1 aromatic carbocycles. The van der Waals surface area contributed by atoms with Crippen molar-refractivity contribution < 1.29 is 19.1 Å². The number of hydrogen-bond acceptors (Lipinski definition) is 5. The van der Waals surface area contributed by atoms with Gasteiger partial charge in [0.05, 0.1) is 5.69 Å². The molecule has 1 aliphatic heterocycles. The zero-order valence-corrected chi connectivity index (χ0v) is 16.3. The Hall–Kier alpha value is -3.16. The minimum atomic E-state index is -0.863. The summed E-state index contributed by atoms with van der Waals surface area (Å²) < 4.78 is 7.02. The normalized spacial score (nSPS) is 24.0. The Bertz CT molecular complexity index is 909. The highest BCUT2D eigenvalue weighted by Crippen LogP contribution is 2.38. The summed E-state index contributed by atoms with van der Waals surface area (Å²) in [7, 11) is 0. The second-order valence-electron chi connectivity index (χ2n) is 7.72. The van der Waals surface area contributed by atoms with Gasteiger partial charge in [-0.05, 0) is 42.5 Å². The van der Waals surface area contributed by atoms with Crippen molar-refractivity contribution in [2.24, 2.45) is 5.92 Å². The molecule has 152 valence electrons. The van der Waals surface area contributed by atoms with Gasteiger partial charge in [-0.2, -0.15) is 5.10 Å². The zero-order chi connectivity index (χ0) is 20.4. The van der Waals surface area contributed by atoms with E-state index < -0.39 is 17.5 Å². The fourth-order valence-electron chi connectivity index (χ4n) is 4.14. The average Bonchev–Trinajstić information content (AvgIpc) is 3.33. The number of hydrogen-bond donors (Lipinski definition) is 1. The van der Waals surface area contributed by atoms with E-state index in [-0.39, 0.29) is 25.0 Å². The van der Waals surface area contributed by atoms with Crippen molar-refractivity contribution in [3.8, 4) is 5.69 Å². The molecule has 8 heteroatoms. The lowest BCUT2D eigenvalue weighted by atomic mass is 9.73. The summed E-state index contributed by atoms with van der Waals surface area (Å²) in [5.41, 5.74) is 0.845. The van der Waals surface area contributed by atoms with Crippen molar-refractivity contribution in [2.45, 2.75) is 44.8 Å². The van der Waals surface area contributed by atoms with Gasteiger partial charge < -0.3 is 10.1 Å². The number of benzene rings is 1. The molecule has 1 aromatic heterocycles. The molecule has 1 N–H and O–H groups in total. The quantitative estimate of drug-likeness (QED) is 0.619. The molecular weight excluding hydrogens is 372 g/mol. The molecule has 4 rings (SSSR count). The van der Waals surface area contributed by atoms with Crippen LogP contribution < -0.4 is 5.32 Å². The largest absolute Gasteiger partial charge is 0.459 e. The maximum absolute atomic E-state index is 12.9. The number of nitrogens with zero attached hydrogens (tertiary/aromatic N) is 3. The van der Waals surface area contributed by atoms with Gasteiger partial charge in [0.1, 0.15) is 18.7 Å². The van der Waals surface area contributed by atoms with Crippen LogP contribution in [0.4, 0.5) is 4.79 Å². The Morgan fingerprint density at radius 2 is 2.07 bits per heavy atom. The van der Waals surface area contributed by atoms with Gasteiger partial charge in [-0.3, -0.25) is 14.5 Å². The van der Waals surface area contributed by atoms with Crippen LogP contribution in [0.2, 0.25) is 0 Å². The van der Waals surface area contributed by atoms with Gasteiger partial charge in [-0.15, -0.1) is 0 Å². The molecular formula is C21H24N4O4. The maximum atomic E-state index is 12.9. The van der Waals surface area contributed by atoms with Crippen LogP contribution in [0.3, 0.4) is 0 Å². The first-order chi connectivity index (χ1) is 14.0. The number of carbonyl (C=O) groups excluding carboxylic acids is 3. The highest BCUT2D eigenvalue weighted by molar-refractivity contribution is 6.08. The molecule has 2 aliphatic rings. The fourth-order valence-corrected chi connectivity index (χ4v) is 4.14. The third kappa shape index (κ3) is 3.62. The van der Waals surface area contributed by atoms with Gasteiger partial charge in [0.15, 0.2) is 0 Å². The van der Waals surface area contributed by atoms with E-state index in [1.807, 2.05) is 43.5 Å². The van der Waals surface area contributed by atoms with Gasteiger partial charge >= 0.3 is 12.0 Å². The first-order valence-corrected chi connectivity index (χ1v) is 9.88. The van der Waals surface area contributed by atoms with Gasteiger partial charge in [0.25, 0.3) is 5.91 Å². The predicted molar refractivity (Wildman–Crippen MR) is 104 cm³/mol. The molecule has 0 unspecified atom stereocenters. The monoisotopic (exact) mass is 396 g/mol. The Labute approximate surface area is 168 Å². The molecule has 1 saturated heterocycles. The fraction of sp³-hybridized carbons (Fsp3) is 0.429. The molecule has 8 nitrogen and oxygen atoms in total. The standard InChI is InChI=1S/C21H24N4O4/c1-15-5-2-3-10-21(15)19(27)24(20(28)23-21)13-18(26)29-14-16-6-8-17(9-7-16)25-12-4-11-22-25/h4,6-9,11-12,15H,2-3,5,10,13-14H2,1H3,(H,23,28)/t15-,21+/m0/s1. The lowest BCUT2D eigenvalue weighted by Gasteiger charge is -2.36. The molecule has 0 radical (unpaired) electrons. The molecule has 0 bridgehead atoms. The summed E-state index contributed by atoms with van der Waals surface area (Å²) in [5, 5.41) is 7.00. The van der Waals surface area contributed by atoms with E-state index in [1.165, 1.54) is 0 Å². The van der Waals surface area contributed by atoms with E-state index in [0.717, 1.165) is 35.4 Å². The van der Waals surface area contributed by atoms with E-state index in [9.17, 15) is 14.4 Å². The lowest BCUT2D eigenvalue weighted by molar-refractivity contribution is -0.149. The van der Waals surface area contributed by atoms with E-state index in [2.05, 4.69) is 10.4 Å². The van der Waals surface area contributed by atoms with E-state index in [0.29, 0.717) is 6.42 Å². The molecule has 1 aliphatic carbocycles. The third-order valence-electron chi connectivity index (χ3n) is 5.89. The van der Waals surface area contributed by atoms with Crippen LogP contribution >= 0.6 is 0 Å². The smallest absolute Gasteiger partial charge is 0.326 e. The second-order valence-corrected chi connectivity index (χ2v) is 7.72. The highest BCUT2D eigenvalue weighted by atomic mass is 16.5. The number of carbonyl (C=O) groups is 3. The summed E-state index contributed by atoms with van der Waals surface area (Å²) in [6, 6.07) is 8.77. The predicted octanol–water partition coefficient (Wildman–Crippen LogP) is 2.42. The van der Waals surface area contributed by atoms with Crippen molar-refractivity contribution in [1.29, 1.82) is 0 Å². The number of rotatable bonds is 5. The summed E-state index contributed by atoms with van der Waals surface area (Å²) >= 11 is 0. The second kappa shape index (κ2) is 7.69. The Morgan fingerprint density at radius 1 is 1.28 bits per heavy atom. The molecule has 1 spiro atoms. The number of ether oxygens (including phenoxy) is 1. The van der Waals surface area contributed by atoms with E-state index in [4.69, 9.17) is 4.74 Å². The highest BCUT2D eigenvalue weighted by Gasteiger charge is 2.55. The van der Waals surface area contributed by atoms with Crippen molar-refractivity contribution in [2.75, 3.05) is 6.54 Å². The summed E-state index contributed by atoms with van der Waals surface area (Å²) in [6.45, 7) is 1.68. The molecule has 2 fully saturated rings. The third-order valence-corrected chi connectivity index (χ3v) is 5.89. The van der Waals surface area contributed by atoms with Crippen molar-refractivity contribution in [3.05, 3.63) is 48.3 Å². The Morgan fingerprint density at radius 3 is 2.76 bits per heavy atom. The van der Waals surface area contributed by atoms with Crippen LogP contribution in [0, 0.1) is 5.92 Å². The van der Waals surface area contributed by atoms with Crippen LogP contribution in [0.5, 0.6) is 0 Å². The van der Waals surface area contributed by atoms with Crippen LogP contribution in [0.1, 0.15) is 38.2 Å². The summed E-state index contributed by atoms with van der Waals surface area (Å²) in [5.74, 6) is -0.859. The van der Waals surface area contributed by atoms with Crippen LogP contribution in [0.25, 0.3) is 5.69 Å². The van der Waals surface area contributed by atoms with Gasteiger partial charge in [-0.25, -0.2) is 9.48 Å². The summed E-state index contributed by atoms with van der Waals surface area (Å²) in [6.07, 6.45) is 6.99. The molecule has 29 heavy (non-hydrogen) atoms. The minimum absolute atomic E-state index is 0.0574. The molecule has 2 atom stereocenters. The molecule has 2 aromatic rings. The number of nitrogens with one attached hydrogen (secondary N) is 1. The van der Waals surface area contributed by atoms with Crippen molar-refractivity contribution in [3.63, 3.8) is 0 Å². The van der Waals surface area contributed by atoms with Gasteiger partial charge in [0.2, 0.25) is 0 Å². The Balaban J connectivity index is 1.34. The van der Waals surface area contributed by atoms with Gasteiger partial charge in [-0.1, -0.05) is 31.9 Å². The van der Waals surface area contributed by atoms with Crippen molar-refractivity contribution in [1.82, 2.24) is 20.0 Å². The number of aromatic nitrogens is 2. The van der Waals surface area contributed by atoms with E-state index in [1.54, 1.807) is 10.9 Å². The lowest BCUT2D eigenvalue weighted by Crippen LogP contribution is -2.54. The number of amides is 3. The number of imide groups is 1. The SMILES string of the molecule is C[C@H]1CCCC[C@@]12NC(=O)N(CC(=O)OCc1ccc(-n3cccn3)cc1)C2=O. The minimum Gasteiger partial charge on any atom is -0.459 e. The molecule has 3 amide bonds. The molecule has 1 saturated carbocycles. The summed E-state index contributed by atoms with van der Waals surface area (Å²) in [4.78, 5) is 38.5. The van der Waals surface area contributed by atoms with Crippen molar-refractivity contribution >= 4 is 17.9 Å². The zero-order valence-electron chi connectivity index (χ0n) is 16.3. The van der Waals surface area contributed by atoms with Crippen LogP contribution in [-0.4, -0.2) is 44.7 Å². The average molecular weight is 396 g/mol. The van der Waals surface area contributed by atoms with Crippen LogP contribution in [-0.2, 0) is 20.9 Å². The van der Waals surface area contributed by atoms with Gasteiger partial charge in [0, 0.05) is 12.4 Å². The first-order valence-electron chi connectivity index (χ1n) is 9.88. The maximum Gasteiger partial charge on any atom is 0.326 e. The molecule has 2 heterocycles. The number of esters is 1. The number of urea groups is 1. The topological polar surface area (TPSA) is 93.5 Å². The van der Waals surface area contributed by atoms with E-state index >= 15 is 0 Å².